The molecule has 20 heavy (non-hydrogen) atoms. The van der Waals surface area contributed by atoms with Gasteiger partial charge in [-0.05, 0) is 12.1 Å². The number of alkyl halides is 1. The van der Waals surface area contributed by atoms with Gasteiger partial charge in [-0.2, -0.15) is 8.42 Å². The smallest absolute Gasteiger partial charge is 0.285 e. The van der Waals surface area contributed by atoms with Gasteiger partial charge in [-0.3, -0.25) is 4.90 Å². The van der Waals surface area contributed by atoms with Crippen LogP contribution in [-0.2, 0) is 10.0 Å². The maximum Gasteiger partial charge on any atom is 0.285 e. The molecule has 1 fully saturated rings. The third kappa shape index (κ3) is 2.49. The first kappa shape index (κ1) is 14.0. The number of halogens is 1. The first-order valence-corrected chi connectivity index (χ1v) is 9.15. The van der Waals surface area contributed by atoms with E-state index in [1.807, 2.05) is 12.1 Å². The van der Waals surface area contributed by atoms with Gasteiger partial charge in [0.05, 0.1) is 0 Å². The van der Waals surface area contributed by atoms with Gasteiger partial charge in [-0.1, -0.05) is 28.1 Å². The molecule has 1 aromatic carbocycles. The van der Waals surface area contributed by atoms with Gasteiger partial charge in [0.2, 0.25) is 0 Å². The summed E-state index contributed by atoms with van der Waals surface area (Å²) in [6.45, 7) is 4.53. The van der Waals surface area contributed by atoms with E-state index in [0.29, 0.717) is 10.7 Å². The van der Waals surface area contributed by atoms with Crippen LogP contribution in [0.25, 0.3) is 0 Å². The minimum absolute atomic E-state index is 0.331. The van der Waals surface area contributed by atoms with Gasteiger partial charge in [-0.15, -0.1) is 4.40 Å². The predicted molar refractivity (Wildman–Crippen MR) is 82.0 cm³/mol. The normalized spacial score (nSPS) is 21.6. The molecule has 0 bridgehead atoms. The Hall–Kier alpha value is -0.920. The van der Waals surface area contributed by atoms with Crippen LogP contribution in [0.2, 0.25) is 0 Å². The lowest BCUT2D eigenvalue weighted by Crippen LogP contribution is -2.49. The second kappa shape index (κ2) is 5.46. The summed E-state index contributed by atoms with van der Waals surface area (Å²) < 4.78 is 28.1. The Bertz CT molecular complexity index is 637. The Morgan fingerprint density at radius 2 is 1.85 bits per heavy atom. The first-order valence-electron chi connectivity index (χ1n) is 6.59. The van der Waals surface area contributed by atoms with Gasteiger partial charge in [-0.25, -0.2) is 0 Å². The lowest BCUT2D eigenvalue weighted by molar-refractivity contribution is 0.192. The van der Waals surface area contributed by atoms with E-state index in [1.54, 1.807) is 12.1 Å². The maximum absolute atomic E-state index is 12.0. The molecular formula is C13H16BrN3O2S. The molecule has 2 aliphatic heterocycles. The Labute approximate surface area is 127 Å². The van der Waals surface area contributed by atoms with Crippen LogP contribution in [0.4, 0.5) is 0 Å². The molecule has 3 rings (SSSR count). The number of piperazine rings is 1. The highest BCUT2D eigenvalue weighted by Crippen LogP contribution is 2.27. The van der Waals surface area contributed by atoms with E-state index in [0.717, 1.165) is 43.6 Å². The number of rotatable bonds is 2. The number of sulfonamides is 1. The molecule has 0 radical (unpaired) electrons. The van der Waals surface area contributed by atoms with E-state index >= 15 is 0 Å². The number of nitrogens with zero attached hydrogens (tertiary/aromatic N) is 3. The maximum atomic E-state index is 12.0. The topological polar surface area (TPSA) is 53.0 Å². The van der Waals surface area contributed by atoms with Crippen molar-refractivity contribution in [1.29, 1.82) is 0 Å². The summed E-state index contributed by atoms with van der Waals surface area (Å²) in [6.07, 6.45) is 0. The zero-order valence-corrected chi connectivity index (χ0v) is 13.4. The second-order valence-electron chi connectivity index (χ2n) is 4.90. The van der Waals surface area contributed by atoms with Crippen molar-refractivity contribution in [2.75, 3.05) is 38.1 Å². The lowest BCUT2D eigenvalue weighted by Gasteiger charge is -2.35. The van der Waals surface area contributed by atoms with E-state index < -0.39 is 10.0 Å². The number of amidine groups is 1. The van der Waals surface area contributed by atoms with Crippen molar-refractivity contribution in [2.45, 2.75) is 4.90 Å². The van der Waals surface area contributed by atoms with Crippen LogP contribution < -0.4 is 0 Å². The lowest BCUT2D eigenvalue weighted by atomic mass is 10.1. The molecule has 0 aliphatic carbocycles. The minimum atomic E-state index is -3.50. The molecule has 5 nitrogen and oxygen atoms in total. The standard InChI is InChI=1S/C13H16BrN3O2S/c14-5-6-16-7-9-17(10-8-16)13-11-3-1-2-4-12(11)20(18,19)15-13/h1-4H,5-10H2. The van der Waals surface area contributed by atoms with Crippen LogP contribution in [0.15, 0.2) is 33.6 Å². The highest BCUT2D eigenvalue weighted by molar-refractivity contribution is 9.09. The Kier molecular flexibility index (Phi) is 3.83. The van der Waals surface area contributed by atoms with Gasteiger partial charge in [0.1, 0.15) is 4.90 Å². The fourth-order valence-corrected chi connectivity index (χ4v) is 4.35. The van der Waals surface area contributed by atoms with Crippen LogP contribution in [0.1, 0.15) is 5.56 Å². The molecule has 0 saturated carbocycles. The number of benzene rings is 1. The highest BCUT2D eigenvalue weighted by atomic mass is 79.9. The fourth-order valence-electron chi connectivity index (χ4n) is 2.62. The molecule has 2 aliphatic rings. The van der Waals surface area contributed by atoms with Crippen LogP contribution in [0.3, 0.4) is 0 Å². The predicted octanol–water partition coefficient (Wildman–Crippen LogP) is 1.15. The summed E-state index contributed by atoms with van der Waals surface area (Å²) in [4.78, 5) is 4.77. The first-order chi connectivity index (χ1) is 9.62. The molecule has 0 N–H and O–H groups in total. The third-order valence-corrected chi connectivity index (χ3v) is 5.36. The molecule has 0 unspecified atom stereocenters. The van der Waals surface area contributed by atoms with Crippen molar-refractivity contribution in [3.63, 3.8) is 0 Å². The average molecular weight is 358 g/mol. The third-order valence-electron chi connectivity index (χ3n) is 3.69. The molecule has 0 atom stereocenters. The van der Waals surface area contributed by atoms with Gasteiger partial charge in [0.15, 0.2) is 5.84 Å². The van der Waals surface area contributed by atoms with Gasteiger partial charge >= 0.3 is 0 Å². The SMILES string of the molecule is O=S1(=O)N=C(N2CCN(CCBr)CC2)c2ccccc21. The number of hydrogen-bond donors (Lipinski definition) is 0. The molecule has 1 aromatic rings. The molecule has 0 spiro atoms. The Morgan fingerprint density at radius 1 is 1.15 bits per heavy atom. The summed E-state index contributed by atoms with van der Waals surface area (Å²) in [5.41, 5.74) is 0.737. The molecule has 108 valence electrons. The molecule has 0 amide bonds. The zero-order valence-electron chi connectivity index (χ0n) is 11.0. The second-order valence-corrected chi connectivity index (χ2v) is 7.27. The van der Waals surface area contributed by atoms with Gasteiger partial charge < -0.3 is 4.90 Å². The van der Waals surface area contributed by atoms with Gasteiger partial charge in [0.25, 0.3) is 10.0 Å². The molecule has 1 saturated heterocycles. The number of hydrogen-bond acceptors (Lipinski definition) is 4. The minimum Gasteiger partial charge on any atom is -0.353 e. The van der Waals surface area contributed by atoms with Crippen molar-refractivity contribution in [3.8, 4) is 0 Å². The summed E-state index contributed by atoms with van der Waals surface area (Å²) in [5, 5.41) is 0.963. The van der Waals surface area contributed by atoms with E-state index in [4.69, 9.17) is 0 Å². The van der Waals surface area contributed by atoms with Crippen LogP contribution in [0.5, 0.6) is 0 Å². The van der Waals surface area contributed by atoms with E-state index in [-0.39, 0.29) is 0 Å². The van der Waals surface area contributed by atoms with Gasteiger partial charge in [0, 0.05) is 43.6 Å². The van der Waals surface area contributed by atoms with Crippen LogP contribution in [-0.4, -0.2) is 62.1 Å². The van der Waals surface area contributed by atoms with Crippen molar-refractivity contribution in [3.05, 3.63) is 29.8 Å². The fraction of sp³-hybridized carbons (Fsp3) is 0.462. The molecule has 2 heterocycles. The van der Waals surface area contributed by atoms with Crippen molar-refractivity contribution in [2.24, 2.45) is 4.40 Å². The van der Waals surface area contributed by atoms with E-state index in [9.17, 15) is 8.42 Å². The monoisotopic (exact) mass is 357 g/mol. The van der Waals surface area contributed by atoms with E-state index in [2.05, 4.69) is 30.1 Å². The summed E-state index contributed by atoms with van der Waals surface area (Å²) in [5.74, 6) is 0.610. The number of fused-ring (bicyclic) bond motifs is 1. The molecule has 0 aromatic heterocycles. The summed E-state index contributed by atoms with van der Waals surface area (Å²) >= 11 is 3.44. The molecule has 7 heteroatoms. The zero-order chi connectivity index (χ0) is 14.2. The quantitative estimate of drug-likeness (QED) is 0.745. The molecular weight excluding hydrogens is 342 g/mol. The van der Waals surface area contributed by atoms with Crippen molar-refractivity contribution < 1.29 is 8.42 Å². The van der Waals surface area contributed by atoms with Crippen molar-refractivity contribution >= 4 is 31.8 Å². The highest BCUT2D eigenvalue weighted by Gasteiger charge is 2.32. The van der Waals surface area contributed by atoms with Crippen LogP contribution >= 0.6 is 15.9 Å². The summed E-state index contributed by atoms with van der Waals surface area (Å²) in [7, 11) is -3.50. The summed E-state index contributed by atoms with van der Waals surface area (Å²) in [6, 6.07) is 7.06. The van der Waals surface area contributed by atoms with Crippen molar-refractivity contribution in [1.82, 2.24) is 9.80 Å². The van der Waals surface area contributed by atoms with E-state index in [1.165, 1.54) is 0 Å². The largest absolute Gasteiger partial charge is 0.353 e. The average Bonchev–Trinajstić information content (AvgIpc) is 2.73. The Balaban J connectivity index is 1.83. The van der Waals surface area contributed by atoms with Crippen LogP contribution in [0, 0.1) is 0 Å². The Morgan fingerprint density at radius 3 is 2.55 bits per heavy atom.